The lowest BCUT2D eigenvalue weighted by Gasteiger charge is -2.31. The van der Waals surface area contributed by atoms with Crippen LogP contribution in [0.1, 0.15) is 33.1 Å². The fraction of sp³-hybridized carbons (Fsp3) is 0.600. The monoisotopic (exact) mass is 311 g/mol. The zero-order valence-electron chi connectivity index (χ0n) is 13.2. The van der Waals surface area contributed by atoms with Gasteiger partial charge in [-0.2, -0.15) is 0 Å². The molecule has 0 amide bonds. The van der Waals surface area contributed by atoms with Gasteiger partial charge in [0.1, 0.15) is 0 Å². The van der Waals surface area contributed by atoms with E-state index in [9.17, 15) is 8.42 Å². The summed E-state index contributed by atoms with van der Waals surface area (Å²) in [5, 5.41) is 0. The van der Waals surface area contributed by atoms with Crippen molar-refractivity contribution in [2.24, 2.45) is 0 Å². The van der Waals surface area contributed by atoms with Crippen molar-refractivity contribution in [1.82, 2.24) is 4.31 Å². The number of nitrogen functional groups attached to an aromatic ring is 1. The molecule has 2 atom stereocenters. The Balaban J connectivity index is 2.50. The van der Waals surface area contributed by atoms with Crippen LogP contribution < -0.4 is 10.6 Å². The van der Waals surface area contributed by atoms with Crippen molar-refractivity contribution in [2.75, 3.05) is 24.7 Å². The quantitative estimate of drug-likeness (QED) is 0.866. The molecule has 1 aromatic rings. The normalized spacial score (nSPS) is 23.0. The lowest BCUT2D eigenvalue weighted by Crippen LogP contribution is -2.35. The Morgan fingerprint density at radius 1 is 1.33 bits per heavy atom. The fourth-order valence-corrected chi connectivity index (χ4v) is 3.95. The van der Waals surface area contributed by atoms with Crippen LogP contribution in [0, 0.1) is 0 Å². The molecule has 2 unspecified atom stereocenters. The maximum atomic E-state index is 12.3. The van der Waals surface area contributed by atoms with Gasteiger partial charge >= 0.3 is 0 Å². The average molecular weight is 311 g/mol. The highest BCUT2D eigenvalue weighted by Gasteiger charge is 2.31. The van der Waals surface area contributed by atoms with Crippen molar-refractivity contribution >= 4 is 21.4 Å². The molecule has 1 aliphatic heterocycles. The van der Waals surface area contributed by atoms with E-state index in [2.05, 4.69) is 18.7 Å². The van der Waals surface area contributed by atoms with E-state index in [4.69, 9.17) is 5.73 Å². The Hall–Kier alpha value is -1.27. The highest BCUT2D eigenvalue weighted by Crippen LogP contribution is 2.37. The van der Waals surface area contributed by atoms with E-state index in [1.54, 1.807) is 32.3 Å². The van der Waals surface area contributed by atoms with Crippen molar-refractivity contribution in [3.63, 3.8) is 0 Å². The largest absolute Gasteiger partial charge is 0.397 e. The van der Waals surface area contributed by atoms with Crippen molar-refractivity contribution in [3.8, 4) is 0 Å². The number of hydrogen-bond donors (Lipinski definition) is 1. The first-order valence-corrected chi connectivity index (χ1v) is 8.83. The van der Waals surface area contributed by atoms with E-state index >= 15 is 0 Å². The van der Waals surface area contributed by atoms with E-state index in [1.807, 2.05) is 0 Å². The summed E-state index contributed by atoms with van der Waals surface area (Å²) in [7, 11) is -0.356. The molecular weight excluding hydrogens is 286 g/mol. The van der Waals surface area contributed by atoms with Crippen LogP contribution in [-0.2, 0) is 10.0 Å². The van der Waals surface area contributed by atoms with Gasteiger partial charge in [-0.1, -0.05) is 6.92 Å². The standard InChI is InChI=1S/C15H25N3O2S/c1-5-12-7-6-11(2)18(12)15-10-13(8-9-14(15)16)21(19,20)17(3)4/h8-12H,5-7,16H2,1-4H3. The maximum absolute atomic E-state index is 12.3. The predicted molar refractivity (Wildman–Crippen MR) is 87.0 cm³/mol. The molecule has 0 aromatic heterocycles. The smallest absolute Gasteiger partial charge is 0.242 e. The number of rotatable bonds is 4. The van der Waals surface area contributed by atoms with E-state index in [-0.39, 0.29) is 0 Å². The summed E-state index contributed by atoms with van der Waals surface area (Å²) in [5.74, 6) is 0. The van der Waals surface area contributed by atoms with Gasteiger partial charge in [-0.15, -0.1) is 0 Å². The molecule has 0 spiro atoms. The van der Waals surface area contributed by atoms with E-state index in [0.717, 1.165) is 24.9 Å². The molecular formula is C15H25N3O2S. The van der Waals surface area contributed by atoms with Crippen LogP contribution in [0.2, 0.25) is 0 Å². The van der Waals surface area contributed by atoms with Gasteiger partial charge in [0.25, 0.3) is 0 Å². The van der Waals surface area contributed by atoms with Gasteiger partial charge in [0.2, 0.25) is 10.0 Å². The average Bonchev–Trinajstić information content (AvgIpc) is 2.80. The molecule has 1 aliphatic rings. The number of nitrogens with two attached hydrogens (primary N) is 1. The van der Waals surface area contributed by atoms with Crippen LogP contribution in [0.15, 0.2) is 23.1 Å². The molecule has 1 heterocycles. The zero-order chi connectivity index (χ0) is 15.8. The lowest BCUT2D eigenvalue weighted by atomic mass is 10.1. The van der Waals surface area contributed by atoms with E-state index in [1.165, 1.54) is 4.31 Å². The van der Waals surface area contributed by atoms with Gasteiger partial charge in [0.15, 0.2) is 0 Å². The second-order valence-electron chi connectivity index (χ2n) is 5.90. The van der Waals surface area contributed by atoms with Crippen molar-refractivity contribution in [1.29, 1.82) is 0 Å². The molecule has 5 nitrogen and oxygen atoms in total. The maximum Gasteiger partial charge on any atom is 0.242 e. The molecule has 0 aliphatic carbocycles. The third kappa shape index (κ3) is 2.87. The summed E-state index contributed by atoms with van der Waals surface area (Å²) in [4.78, 5) is 2.58. The van der Waals surface area contributed by atoms with Gasteiger partial charge in [-0.05, 0) is 44.4 Å². The van der Waals surface area contributed by atoms with E-state index in [0.29, 0.717) is 22.7 Å². The molecule has 0 saturated carbocycles. The Bertz CT molecular complexity index is 613. The molecule has 118 valence electrons. The molecule has 1 fully saturated rings. The number of anilines is 2. The SMILES string of the molecule is CCC1CCC(C)N1c1cc(S(=O)(=O)N(C)C)ccc1N. The Kier molecular flexibility index (Phi) is 4.49. The molecule has 1 saturated heterocycles. The number of sulfonamides is 1. The fourth-order valence-electron chi connectivity index (χ4n) is 3.02. The summed E-state index contributed by atoms with van der Waals surface area (Å²) in [6.45, 7) is 4.33. The van der Waals surface area contributed by atoms with Gasteiger partial charge in [-0.25, -0.2) is 12.7 Å². The number of nitrogens with zero attached hydrogens (tertiary/aromatic N) is 2. The van der Waals surface area contributed by atoms with Gasteiger partial charge in [0.05, 0.1) is 16.3 Å². The summed E-state index contributed by atoms with van der Waals surface area (Å²) in [5.41, 5.74) is 7.60. The minimum atomic E-state index is -3.44. The van der Waals surface area contributed by atoms with Gasteiger partial charge < -0.3 is 10.6 Å². The summed E-state index contributed by atoms with van der Waals surface area (Å²) in [6, 6.07) is 5.81. The van der Waals surface area contributed by atoms with Gasteiger partial charge in [0, 0.05) is 26.2 Å². The Morgan fingerprint density at radius 2 is 2.00 bits per heavy atom. The third-order valence-electron chi connectivity index (χ3n) is 4.32. The van der Waals surface area contributed by atoms with Crippen molar-refractivity contribution in [2.45, 2.75) is 50.1 Å². The molecule has 21 heavy (non-hydrogen) atoms. The summed E-state index contributed by atoms with van der Waals surface area (Å²) < 4.78 is 25.8. The molecule has 1 aromatic carbocycles. The Labute approximate surface area is 127 Å². The minimum Gasteiger partial charge on any atom is -0.397 e. The molecule has 2 rings (SSSR count). The second kappa shape index (κ2) is 5.85. The van der Waals surface area contributed by atoms with Crippen LogP contribution in [0.5, 0.6) is 0 Å². The van der Waals surface area contributed by atoms with Crippen molar-refractivity contribution < 1.29 is 8.42 Å². The predicted octanol–water partition coefficient (Wildman–Crippen LogP) is 2.29. The van der Waals surface area contributed by atoms with Crippen LogP contribution in [0.3, 0.4) is 0 Å². The highest BCUT2D eigenvalue weighted by atomic mass is 32.2. The van der Waals surface area contributed by atoms with E-state index < -0.39 is 10.0 Å². The highest BCUT2D eigenvalue weighted by molar-refractivity contribution is 7.89. The van der Waals surface area contributed by atoms with Gasteiger partial charge in [-0.3, -0.25) is 0 Å². The molecule has 0 bridgehead atoms. The summed E-state index contributed by atoms with van der Waals surface area (Å²) >= 11 is 0. The number of benzene rings is 1. The minimum absolute atomic E-state index is 0.297. The first-order chi connectivity index (χ1) is 9.78. The first-order valence-electron chi connectivity index (χ1n) is 7.39. The molecule has 0 radical (unpaired) electrons. The molecule has 6 heteroatoms. The number of hydrogen-bond acceptors (Lipinski definition) is 4. The molecule has 2 N–H and O–H groups in total. The zero-order valence-corrected chi connectivity index (χ0v) is 14.0. The van der Waals surface area contributed by atoms with Crippen LogP contribution in [-0.4, -0.2) is 38.9 Å². The van der Waals surface area contributed by atoms with Crippen LogP contribution in [0.4, 0.5) is 11.4 Å². The first kappa shape index (κ1) is 16.1. The van der Waals surface area contributed by atoms with Crippen molar-refractivity contribution in [3.05, 3.63) is 18.2 Å². The lowest BCUT2D eigenvalue weighted by molar-refractivity contribution is 0.520. The topological polar surface area (TPSA) is 66.6 Å². The van der Waals surface area contributed by atoms with Crippen LogP contribution in [0.25, 0.3) is 0 Å². The third-order valence-corrected chi connectivity index (χ3v) is 6.13. The Morgan fingerprint density at radius 3 is 2.57 bits per heavy atom. The second-order valence-corrected chi connectivity index (χ2v) is 8.06. The summed E-state index contributed by atoms with van der Waals surface area (Å²) in [6.07, 6.45) is 3.28. The van der Waals surface area contributed by atoms with Crippen LogP contribution >= 0.6 is 0 Å².